The summed E-state index contributed by atoms with van der Waals surface area (Å²) in [5.74, 6) is 1.44. The van der Waals surface area contributed by atoms with Gasteiger partial charge in [-0.3, -0.25) is 4.79 Å². The van der Waals surface area contributed by atoms with Crippen LogP contribution in [-0.4, -0.2) is 16.0 Å². The van der Waals surface area contributed by atoms with Crippen molar-refractivity contribution in [3.63, 3.8) is 0 Å². The molecule has 0 spiro atoms. The first-order valence-corrected chi connectivity index (χ1v) is 6.67. The average molecular weight is 263 g/mol. The standard InChI is InChI=1S/C12H13N3O2S/c1-6-9(14-12(16)8-3-4-8)5-10(18-6)11-13-7(2)17-15-11/h5,8H,3-4H2,1-2H3,(H,14,16). The number of carbonyl (C=O) groups excluding carboxylic acids is 1. The van der Waals surface area contributed by atoms with Crippen LogP contribution in [0.15, 0.2) is 10.6 Å². The third-order valence-corrected chi connectivity index (χ3v) is 3.92. The molecule has 0 aromatic carbocycles. The molecule has 1 N–H and O–H groups in total. The maximum atomic E-state index is 11.7. The van der Waals surface area contributed by atoms with Crippen molar-refractivity contribution < 1.29 is 9.32 Å². The molecule has 0 atom stereocenters. The molecule has 0 radical (unpaired) electrons. The highest BCUT2D eigenvalue weighted by Gasteiger charge is 2.30. The first kappa shape index (κ1) is 11.4. The third kappa shape index (κ3) is 2.15. The van der Waals surface area contributed by atoms with E-state index < -0.39 is 0 Å². The number of anilines is 1. The highest BCUT2D eigenvalue weighted by Crippen LogP contribution is 2.35. The van der Waals surface area contributed by atoms with Crippen LogP contribution < -0.4 is 5.32 Å². The van der Waals surface area contributed by atoms with Gasteiger partial charge in [-0.25, -0.2) is 0 Å². The van der Waals surface area contributed by atoms with E-state index in [2.05, 4.69) is 15.5 Å². The normalized spacial score (nSPS) is 14.8. The number of thiophene rings is 1. The van der Waals surface area contributed by atoms with E-state index in [-0.39, 0.29) is 11.8 Å². The Hall–Kier alpha value is -1.69. The molecule has 2 aromatic rings. The summed E-state index contributed by atoms with van der Waals surface area (Å²) in [6.45, 7) is 3.73. The van der Waals surface area contributed by atoms with Crippen LogP contribution >= 0.6 is 11.3 Å². The molecule has 2 aromatic heterocycles. The van der Waals surface area contributed by atoms with Gasteiger partial charge in [0.2, 0.25) is 17.6 Å². The lowest BCUT2D eigenvalue weighted by atomic mass is 10.3. The van der Waals surface area contributed by atoms with E-state index in [1.165, 1.54) is 0 Å². The van der Waals surface area contributed by atoms with Crippen molar-refractivity contribution in [2.45, 2.75) is 26.7 Å². The van der Waals surface area contributed by atoms with Crippen LogP contribution in [0.2, 0.25) is 0 Å². The maximum Gasteiger partial charge on any atom is 0.227 e. The predicted molar refractivity (Wildman–Crippen MR) is 68.4 cm³/mol. The Balaban J connectivity index is 1.83. The Bertz CT molecular complexity index is 598. The summed E-state index contributed by atoms with van der Waals surface area (Å²) in [7, 11) is 0. The van der Waals surface area contributed by atoms with Gasteiger partial charge in [-0.05, 0) is 25.8 Å². The second kappa shape index (κ2) is 4.20. The zero-order valence-electron chi connectivity index (χ0n) is 10.2. The van der Waals surface area contributed by atoms with E-state index >= 15 is 0 Å². The number of amides is 1. The summed E-state index contributed by atoms with van der Waals surface area (Å²) in [5, 5.41) is 6.83. The second-order valence-corrected chi connectivity index (χ2v) is 5.74. The maximum absolute atomic E-state index is 11.7. The fourth-order valence-corrected chi connectivity index (χ4v) is 2.60. The Labute approximate surface area is 108 Å². The molecule has 0 saturated heterocycles. The van der Waals surface area contributed by atoms with Gasteiger partial charge in [-0.15, -0.1) is 11.3 Å². The Kier molecular flexibility index (Phi) is 2.66. The smallest absolute Gasteiger partial charge is 0.227 e. The molecule has 1 fully saturated rings. The molecular weight excluding hydrogens is 250 g/mol. The molecule has 18 heavy (non-hydrogen) atoms. The molecule has 1 saturated carbocycles. The van der Waals surface area contributed by atoms with E-state index in [4.69, 9.17) is 4.52 Å². The monoisotopic (exact) mass is 263 g/mol. The van der Waals surface area contributed by atoms with E-state index in [0.29, 0.717) is 11.7 Å². The van der Waals surface area contributed by atoms with Crippen LogP contribution in [0.3, 0.4) is 0 Å². The summed E-state index contributed by atoms with van der Waals surface area (Å²) >= 11 is 1.56. The van der Waals surface area contributed by atoms with Crippen LogP contribution in [0, 0.1) is 19.8 Å². The van der Waals surface area contributed by atoms with E-state index in [1.807, 2.05) is 13.0 Å². The molecule has 1 aliphatic rings. The van der Waals surface area contributed by atoms with Crippen molar-refractivity contribution in [2.24, 2.45) is 5.92 Å². The minimum Gasteiger partial charge on any atom is -0.339 e. The Morgan fingerprint density at radius 3 is 2.89 bits per heavy atom. The lowest BCUT2D eigenvalue weighted by Gasteiger charge is -2.01. The topological polar surface area (TPSA) is 68.0 Å². The first-order chi connectivity index (χ1) is 8.63. The Morgan fingerprint density at radius 2 is 2.28 bits per heavy atom. The van der Waals surface area contributed by atoms with Crippen LogP contribution in [0.25, 0.3) is 10.7 Å². The van der Waals surface area contributed by atoms with E-state index in [1.54, 1.807) is 18.3 Å². The van der Waals surface area contributed by atoms with Crippen molar-refractivity contribution >= 4 is 22.9 Å². The summed E-state index contributed by atoms with van der Waals surface area (Å²) in [5.41, 5.74) is 0.856. The van der Waals surface area contributed by atoms with Gasteiger partial charge < -0.3 is 9.84 Å². The number of rotatable bonds is 3. The molecule has 0 aliphatic heterocycles. The largest absolute Gasteiger partial charge is 0.339 e. The summed E-state index contributed by atoms with van der Waals surface area (Å²) in [4.78, 5) is 17.9. The van der Waals surface area contributed by atoms with Gasteiger partial charge in [0, 0.05) is 17.7 Å². The highest BCUT2D eigenvalue weighted by molar-refractivity contribution is 7.16. The van der Waals surface area contributed by atoms with Gasteiger partial charge in [0.05, 0.1) is 10.6 Å². The van der Waals surface area contributed by atoms with Crippen molar-refractivity contribution in [3.05, 3.63) is 16.8 Å². The molecule has 5 nitrogen and oxygen atoms in total. The number of hydrogen-bond donors (Lipinski definition) is 1. The van der Waals surface area contributed by atoms with Crippen LogP contribution in [0.1, 0.15) is 23.6 Å². The minimum absolute atomic E-state index is 0.117. The molecule has 1 aliphatic carbocycles. The summed E-state index contributed by atoms with van der Waals surface area (Å²) in [6.07, 6.45) is 2.01. The van der Waals surface area contributed by atoms with E-state index in [0.717, 1.165) is 28.3 Å². The highest BCUT2D eigenvalue weighted by atomic mass is 32.1. The number of aromatic nitrogens is 2. The number of nitrogens with zero attached hydrogens (tertiary/aromatic N) is 2. The molecule has 0 bridgehead atoms. The SMILES string of the molecule is Cc1nc(-c2cc(NC(=O)C3CC3)c(C)s2)no1. The summed E-state index contributed by atoms with van der Waals surface area (Å²) < 4.78 is 4.96. The van der Waals surface area contributed by atoms with Crippen molar-refractivity contribution in [1.82, 2.24) is 10.1 Å². The van der Waals surface area contributed by atoms with Gasteiger partial charge >= 0.3 is 0 Å². The molecule has 94 valence electrons. The molecule has 6 heteroatoms. The summed E-state index contributed by atoms with van der Waals surface area (Å²) in [6, 6.07) is 1.91. The van der Waals surface area contributed by atoms with E-state index in [9.17, 15) is 4.79 Å². The van der Waals surface area contributed by atoms with Gasteiger partial charge in [-0.1, -0.05) is 5.16 Å². The quantitative estimate of drug-likeness (QED) is 0.924. The Morgan fingerprint density at radius 1 is 1.50 bits per heavy atom. The van der Waals surface area contributed by atoms with Gasteiger partial charge in [0.25, 0.3) is 0 Å². The fourth-order valence-electron chi connectivity index (χ4n) is 1.70. The van der Waals surface area contributed by atoms with Gasteiger partial charge in [0.15, 0.2) is 0 Å². The van der Waals surface area contributed by atoms with Crippen molar-refractivity contribution in [3.8, 4) is 10.7 Å². The van der Waals surface area contributed by atoms with Crippen LogP contribution in [0.5, 0.6) is 0 Å². The molecule has 1 amide bonds. The van der Waals surface area contributed by atoms with Gasteiger partial charge in [-0.2, -0.15) is 4.98 Å². The van der Waals surface area contributed by atoms with Crippen molar-refractivity contribution in [2.75, 3.05) is 5.32 Å². The van der Waals surface area contributed by atoms with Crippen molar-refractivity contribution in [1.29, 1.82) is 0 Å². The fraction of sp³-hybridized carbons (Fsp3) is 0.417. The number of hydrogen-bond acceptors (Lipinski definition) is 5. The molecular formula is C12H13N3O2S. The van der Waals surface area contributed by atoms with Gasteiger partial charge in [0.1, 0.15) is 0 Å². The zero-order chi connectivity index (χ0) is 12.7. The zero-order valence-corrected chi connectivity index (χ0v) is 11.0. The first-order valence-electron chi connectivity index (χ1n) is 5.85. The predicted octanol–water partition coefficient (Wildman–Crippen LogP) is 2.76. The minimum atomic E-state index is 0.117. The molecule has 2 heterocycles. The number of carbonyl (C=O) groups is 1. The lowest BCUT2D eigenvalue weighted by molar-refractivity contribution is -0.117. The lowest BCUT2D eigenvalue weighted by Crippen LogP contribution is -2.13. The molecule has 3 rings (SSSR count). The molecule has 0 unspecified atom stereocenters. The average Bonchev–Trinajstić information content (AvgIpc) is 3.01. The second-order valence-electron chi connectivity index (χ2n) is 4.48. The number of aryl methyl sites for hydroxylation is 2. The third-order valence-electron chi connectivity index (χ3n) is 2.87. The van der Waals surface area contributed by atoms with Crippen LogP contribution in [-0.2, 0) is 4.79 Å². The van der Waals surface area contributed by atoms with Crippen LogP contribution in [0.4, 0.5) is 5.69 Å². The number of nitrogens with one attached hydrogen (secondary N) is 1.